The van der Waals surface area contributed by atoms with Gasteiger partial charge in [-0.05, 0) is 18.2 Å². The van der Waals surface area contributed by atoms with Gasteiger partial charge < -0.3 is 5.32 Å². The summed E-state index contributed by atoms with van der Waals surface area (Å²) < 4.78 is 1.80. The largest absolute Gasteiger partial charge is 0.321 e. The van der Waals surface area contributed by atoms with Crippen molar-refractivity contribution < 1.29 is 0 Å². The third kappa shape index (κ3) is 3.04. The smallest absolute Gasteiger partial charge is 0.227 e. The van der Waals surface area contributed by atoms with Crippen LogP contribution in [0.5, 0.6) is 0 Å². The fourth-order valence-electron chi connectivity index (χ4n) is 2.82. The Kier molecular flexibility index (Phi) is 3.84. The van der Waals surface area contributed by atoms with E-state index in [1.54, 1.807) is 28.2 Å². The molecule has 0 aliphatic heterocycles. The van der Waals surface area contributed by atoms with E-state index in [1.807, 2.05) is 54.0 Å². The lowest BCUT2D eigenvalue weighted by atomic mass is 10.2. The molecule has 5 aromatic rings. The molecule has 1 N–H and O–H groups in total. The summed E-state index contributed by atoms with van der Waals surface area (Å²) in [6.45, 7) is 0. The van der Waals surface area contributed by atoms with Crippen molar-refractivity contribution in [1.82, 2.24) is 24.6 Å². The topological polar surface area (TPSA) is 68.0 Å². The van der Waals surface area contributed by atoms with Gasteiger partial charge in [0, 0.05) is 23.3 Å². The zero-order chi connectivity index (χ0) is 18.1. The van der Waals surface area contributed by atoms with Gasteiger partial charge in [0.1, 0.15) is 10.7 Å². The number of aromatic nitrogens is 5. The van der Waals surface area contributed by atoms with Crippen LogP contribution < -0.4 is 5.32 Å². The summed E-state index contributed by atoms with van der Waals surface area (Å²) in [5.41, 5.74) is 4.66. The van der Waals surface area contributed by atoms with Crippen LogP contribution in [-0.2, 0) is 0 Å². The summed E-state index contributed by atoms with van der Waals surface area (Å²) in [7, 11) is 0. The van der Waals surface area contributed by atoms with E-state index in [9.17, 15) is 0 Å². The fraction of sp³-hybridized carbons (Fsp3) is 0. The summed E-state index contributed by atoms with van der Waals surface area (Å²) in [6, 6.07) is 17.9. The Labute approximate surface area is 159 Å². The maximum atomic E-state index is 4.72. The van der Waals surface area contributed by atoms with Crippen LogP contribution in [0.2, 0.25) is 0 Å². The van der Waals surface area contributed by atoms with Crippen molar-refractivity contribution in [3.8, 4) is 22.0 Å². The van der Waals surface area contributed by atoms with Crippen molar-refractivity contribution in [2.75, 3.05) is 5.32 Å². The molecule has 0 aliphatic carbocycles. The molecule has 0 spiro atoms. The second-order valence-electron chi connectivity index (χ2n) is 5.88. The van der Waals surface area contributed by atoms with Crippen molar-refractivity contribution in [1.29, 1.82) is 0 Å². The number of benzene rings is 1. The van der Waals surface area contributed by atoms with Gasteiger partial charge in [-0.15, -0.1) is 11.3 Å². The van der Waals surface area contributed by atoms with Crippen LogP contribution in [0.4, 0.5) is 11.6 Å². The number of pyridine rings is 1. The number of hydrogen-bond donors (Lipinski definition) is 1. The monoisotopic (exact) mass is 370 g/mol. The normalized spacial score (nSPS) is 11.0. The molecule has 130 valence electrons. The molecule has 0 unspecified atom stereocenters. The maximum absolute atomic E-state index is 4.72. The molecule has 1 aromatic carbocycles. The number of fused-ring (bicyclic) bond motifs is 1. The summed E-state index contributed by atoms with van der Waals surface area (Å²) >= 11 is 1.57. The minimum Gasteiger partial charge on any atom is -0.321 e. The number of nitrogens with one attached hydrogen (secondary N) is 1. The van der Waals surface area contributed by atoms with Crippen LogP contribution in [0.25, 0.3) is 27.5 Å². The first-order chi connectivity index (χ1) is 13.4. The molecule has 0 fully saturated rings. The molecule has 4 aromatic heterocycles. The molecule has 0 radical (unpaired) electrons. The van der Waals surface area contributed by atoms with Crippen LogP contribution in [0.1, 0.15) is 0 Å². The molecule has 0 saturated heterocycles. The standard InChI is InChI=1S/C20H14N6S/c1-2-6-14(7-3-1)17-13-27-19(23-17)15-9-10-21-20(24-15)25-16-12-22-26-11-5-4-8-18(16)26/h1-13H,(H,21,24,25). The van der Waals surface area contributed by atoms with Crippen LogP contribution in [0.3, 0.4) is 0 Å². The Hall–Kier alpha value is -3.58. The van der Waals surface area contributed by atoms with Gasteiger partial charge in [-0.25, -0.2) is 19.5 Å². The molecule has 5 rings (SSSR count). The Balaban J connectivity index is 1.45. The second kappa shape index (κ2) is 6.62. The van der Waals surface area contributed by atoms with Crippen LogP contribution in [-0.4, -0.2) is 24.6 Å². The number of hydrogen-bond acceptors (Lipinski definition) is 6. The molecule has 0 aliphatic rings. The lowest BCUT2D eigenvalue weighted by Gasteiger charge is -2.04. The van der Waals surface area contributed by atoms with Gasteiger partial charge >= 0.3 is 0 Å². The Morgan fingerprint density at radius 2 is 1.78 bits per heavy atom. The second-order valence-corrected chi connectivity index (χ2v) is 6.74. The lowest BCUT2D eigenvalue weighted by molar-refractivity contribution is 0.961. The first-order valence-electron chi connectivity index (χ1n) is 8.40. The van der Waals surface area contributed by atoms with Gasteiger partial charge in [0.2, 0.25) is 5.95 Å². The predicted octanol–water partition coefficient (Wildman–Crippen LogP) is 4.66. The molecule has 27 heavy (non-hydrogen) atoms. The number of nitrogens with zero attached hydrogens (tertiary/aromatic N) is 5. The highest BCUT2D eigenvalue weighted by Gasteiger charge is 2.10. The van der Waals surface area contributed by atoms with Crippen molar-refractivity contribution in [2.24, 2.45) is 0 Å². The zero-order valence-corrected chi connectivity index (χ0v) is 15.0. The van der Waals surface area contributed by atoms with E-state index < -0.39 is 0 Å². The number of thiazole rings is 1. The summed E-state index contributed by atoms with van der Waals surface area (Å²) in [5.74, 6) is 0.516. The average molecular weight is 370 g/mol. The summed E-state index contributed by atoms with van der Waals surface area (Å²) in [6.07, 6.45) is 5.40. The molecule has 0 atom stereocenters. The zero-order valence-electron chi connectivity index (χ0n) is 14.1. The number of anilines is 2. The lowest BCUT2D eigenvalue weighted by Crippen LogP contribution is -1.97. The van der Waals surface area contributed by atoms with E-state index in [2.05, 4.69) is 32.5 Å². The van der Waals surface area contributed by atoms with Gasteiger partial charge in [-0.1, -0.05) is 36.4 Å². The first-order valence-corrected chi connectivity index (χ1v) is 9.28. The van der Waals surface area contributed by atoms with E-state index in [0.29, 0.717) is 5.95 Å². The summed E-state index contributed by atoms with van der Waals surface area (Å²) in [5, 5.41) is 10.5. The van der Waals surface area contributed by atoms with Crippen molar-refractivity contribution >= 4 is 28.5 Å². The van der Waals surface area contributed by atoms with Crippen molar-refractivity contribution in [2.45, 2.75) is 0 Å². The van der Waals surface area contributed by atoms with Crippen LogP contribution in [0, 0.1) is 0 Å². The van der Waals surface area contributed by atoms with Gasteiger partial charge in [0.05, 0.1) is 23.1 Å². The van der Waals surface area contributed by atoms with Gasteiger partial charge in [0.25, 0.3) is 0 Å². The van der Waals surface area contributed by atoms with Crippen LogP contribution >= 0.6 is 11.3 Å². The fourth-order valence-corrected chi connectivity index (χ4v) is 3.62. The molecule has 6 nitrogen and oxygen atoms in total. The number of rotatable bonds is 4. The minimum atomic E-state index is 0.516. The quantitative estimate of drug-likeness (QED) is 0.498. The highest BCUT2D eigenvalue weighted by molar-refractivity contribution is 7.13. The van der Waals surface area contributed by atoms with Crippen molar-refractivity contribution in [3.05, 3.63) is 78.6 Å². The SMILES string of the molecule is c1ccc(-c2csc(-c3ccnc(Nc4cnn5ccccc45)n3)n2)cc1. The molecule has 7 heteroatoms. The molecular weight excluding hydrogens is 356 g/mol. The van der Waals surface area contributed by atoms with Crippen LogP contribution in [0.15, 0.2) is 78.6 Å². The average Bonchev–Trinajstić information content (AvgIpc) is 3.37. The summed E-state index contributed by atoms with van der Waals surface area (Å²) in [4.78, 5) is 13.7. The first kappa shape index (κ1) is 15.7. The molecular formula is C20H14N6S. The van der Waals surface area contributed by atoms with E-state index in [1.165, 1.54) is 0 Å². The van der Waals surface area contributed by atoms with Crippen molar-refractivity contribution in [3.63, 3.8) is 0 Å². The Bertz CT molecular complexity index is 1210. The third-order valence-corrected chi connectivity index (χ3v) is 4.99. The van der Waals surface area contributed by atoms with E-state index >= 15 is 0 Å². The Morgan fingerprint density at radius 3 is 2.70 bits per heavy atom. The highest BCUT2D eigenvalue weighted by atomic mass is 32.1. The highest BCUT2D eigenvalue weighted by Crippen LogP contribution is 2.28. The third-order valence-electron chi connectivity index (χ3n) is 4.12. The molecule has 0 amide bonds. The van der Waals surface area contributed by atoms with E-state index in [0.717, 1.165) is 33.2 Å². The van der Waals surface area contributed by atoms with E-state index in [4.69, 9.17) is 4.98 Å². The minimum absolute atomic E-state index is 0.516. The van der Waals surface area contributed by atoms with Gasteiger partial charge in [0.15, 0.2) is 0 Å². The Morgan fingerprint density at radius 1 is 0.889 bits per heavy atom. The molecule has 0 saturated carbocycles. The molecule has 4 heterocycles. The van der Waals surface area contributed by atoms with E-state index in [-0.39, 0.29) is 0 Å². The predicted molar refractivity (Wildman–Crippen MR) is 107 cm³/mol. The molecule has 0 bridgehead atoms. The van der Waals surface area contributed by atoms with Gasteiger partial charge in [-0.2, -0.15) is 5.10 Å². The van der Waals surface area contributed by atoms with Gasteiger partial charge in [-0.3, -0.25) is 0 Å². The maximum Gasteiger partial charge on any atom is 0.227 e.